The van der Waals surface area contributed by atoms with Crippen LogP contribution in [0.3, 0.4) is 0 Å². The van der Waals surface area contributed by atoms with Crippen LogP contribution in [0.4, 0.5) is 0 Å². The minimum Gasteiger partial charge on any atom is -0.454 e. The molecule has 0 spiro atoms. The Labute approximate surface area is 168 Å². The van der Waals surface area contributed by atoms with Crippen molar-refractivity contribution in [1.29, 1.82) is 0 Å². The van der Waals surface area contributed by atoms with Crippen molar-refractivity contribution in [3.8, 4) is 0 Å². The Morgan fingerprint density at radius 3 is 2.74 bits per heavy atom. The highest BCUT2D eigenvalue weighted by Gasteiger charge is 2.53. The van der Waals surface area contributed by atoms with Gasteiger partial charge in [-0.3, -0.25) is 9.59 Å². The first-order valence-electron chi connectivity index (χ1n) is 8.84. The van der Waals surface area contributed by atoms with Crippen LogP contribution >= 0.6 is 23.5 Å². The Morgan fingerprint density at radius 2 is 2.07 bits per heavy atom. The van der Waals surface area contributed by atoms with Gasteiger partial charge in [-0.1, -0.05) is 12.1 Å². The lowest BCUT2D eigenvalue weighted by atomic mass is 10.2. The quantitative estimate of drug-likeness (QED) is 0.532. The molecule has 2 aliphatic heterocycles. The highest BCUT2D eigenvalue weighted by molar-refractivity contribution is 8.01. The van der Waals surface area contributed by atoms with Gasteiger partial charge < -0.3 is 14.5 Å². The molecule has 8 heteroatoms. The fourth-order valence-electron chi connectivity index (χ4n) is 3.43. The van der Waals surface area contributed by atoms with Crippen LogP contribution in [0.5, 0.6) is 0 Å². The highest BCUT2D eigenvalue weighted by Crippen LogP contribution is 2.47. The molecule has 2 atom stereocenters. The van der Waals surface area contributed by atoms with Crippen molar-refractivity contribution < 1.29 is 19.1 Å². The van der Waals surface area contributed by atoms with Gasteiger partial charge in [0, 0.05) is 30.7 Å². The Hall–Kier alpha value is -1.67. The largest absolute Gasteiger partial charge is 0.454 e. The smallest absolute Gasteiger partial charge is 0.330 e. The Kier molecular flexibility index (Phi) is 6.05. The van der Waals surface area contributed by atoms with Gasteiger partial charge in [0.15, 0.2) is 6.61 Å². The molecule has 0 N–H and O–H groups in total. The van der Waals surface area contributed by atoms with Crippen LogP contribution < -0.4 is 0 Å². The topological polar surface area (TPSA) is 66.9 Å². The van der Waals surface area contributed by atoms with Crippen LogP contribution in [0.2, 0.25) is 0 Å². The molecule has 0 bridgehead atoms. The molecule has 0 saturated carbocycles. The normalized spacial score (nSPS) is 24.0. The minimum absolute atomic E-state index is 0.0124. The molecule has 1 aromatic rings. The Bertz CT molecular complexity index is 740. The predicted octanol–water partition coefficient (Wildman–Crippen LogP) is 2.36. The number of carbonyl (C=O) groups is 3. The monoisotopic (exact) mass is 408 g/mol. The van der Waals surface area contributed by atoms with Gasteiger partial charge in [-0.25, -0.2) is 4.79 Å². The van der Waals surface area contributed by atoms with E-state index in [-0.39, 0.29) is 23.3 Å². The van der Waals surface area contributed by atoms with Crippen molar-refractivity contribution in [2.24, 2.45) is 0 Å². The highest BCUT2D eigenvalue weighted by atomic mass is 32.2. The van der Waals surface area contributed by atoms with Gasteiger partial charge in [0.1, 0.15) is 6.04 Å². The second-order valence-electron chi connectivity index (χ2n) is 6.97. The van der Waals surface area contributed by atoms with E-state index in [9.17, 15) is 14.4 Å². The summed E-state index contributed by atoms with van der Waals surface area (Å²) in [6, 6.07) is 7.40. The van der Waals surface area contributed by atoms with Gasteiger partial charge in [0.2, 0.25) is 5.91 Å². The number of amides is 2. The summed E-state index contributed by atoms with van der Waals surface area (Å²) in [6.07, 6.45) is 3.22. The van der Waals surface area contributed by atoms with Crippen molar-refractivity contribution >= 4 is 41.3 Å². The van der Waals surface area contributed by atoms with Gasteiger partial charge in [0.25, 0.3) is 5.91 Å². The molecule has 2 saturated heterocycles. The van der Waals surface area contributed by atoms with E-state index in [0.29, 0.717) is 18.7 Å². The first kappa shape index (κ1) is 20.1. The standard InChI is InChI=1S/C19H24N2O4S2/c1-19-9-8-16(22)21(19)15(12-27-19)18(24)25-11-17(23)20(2)10-13-4-6-14(26-3)7-5-13/h4-7,15H,8-12H2,1-3H3/t15-,19+/m1/s1. The van der Waals surface area contributed by atoms with Gasteiger partial charge in [-0.15, -0.1) is 23.5 Å². The van der Waals surface area contributed by atoms with E-state index in [1.807, 2.05) is 37.4 Å². The summed E-state index contributed by atoms with van der Waals surface area (Å²) in [5, 5.41) is 0. The van der Waals surface area contributed by atoms with Gasteiger partial charge in [-0.05, 0) is 37.3 Å². The van der Waals surface area contributed by atoms with Crippen LogP contribution in [0.1, 0.15) is 25.3 Å². The number of likely N-dealkylation sites (N-methyl/N-ethyl adjacent to an activating group) is 1. The number of thioether (sulfide) groups is 2. The molecule has 146 valence electrons. The molecule has 0 unspecified atom stereocenters. The molecule has 2 aliphatic rings. The molecule has 1 aromatic carbocycles. The maximum atomic E-state index is 12.4. The Balaban J connectivity index is 1.51. The number of hydrogen-bond donors (Lipinski definition) is 0. The maximum Gasteiger partial charge on any atom is 0.330 e. The fourth-order valence-corrected chi connectivity index (χ4v) is 5.25. The molecular weight excluding hydrogens is 384 g/mol. The van der Waals surface area contributed by atoms with E-state index in [1.54, 1.807) is 35.5 Å². The second-order valence-corrected chi connectivity index (χ2v) is 9.35. The molecular formula is C19H24N2O4S2. The zero-order valence-electron chi connectivity index (χ0n) is 15.8. The summed E-state index contributed by atoms with van der Waals surface area (Å²) in [6.45, 7) is 2.13. The van der Waals surface area contributed by atoms with E-state index >= 15 is 0 Å². The number of ether oxygens (including phenoxy) is 1. The van der Waals surface area contributed by atoms with Crippen LogP contribution in [0.25, 0.3) is 0 Å². The summed E-state index contributed by atoms with van der Waals surface area (Å²) in [5.41, 5.74) is 1.01. The van der Waals surface area contributed by atoms with Crippen molar-refractivity contribution in [1.82, 2.24) is 9.80 Å². The number of benzene rings is 1. The van der Waals surface area contributed by atoms with Gasteiger partial charge in [-0.2, -0.15) is 0 Å². The van der Waals surface area contributed by atoms with E-state index in [2.05, 4.69) is 0 Å². The number of esters is 1. The van der Waals surface area contributed by atoms with Crippen LogP contribution in [0, 0.1) is 0 Å². The molecule has 6 nitrogen and oxygen atoms in total. The lowest BCUT2D eigenvalue weighted by molar-refractivity contribution is -0.158. The van der Waals surface area contributed by atoms with Crippen LogP contribution in [0.15, 0.2) is 29.2 Å². The summed E-state index contributed by atoms with van der Waals surface area (Å²) < 4.78 is 5.24. The molecule has 2 heterocycles. The number of fused-ring (bicyclic) bond motifs is 1. The molecule has 27 heavy (non-hydrogen) atoms. The predicted molar refractivity (Wildman–Crippen MR) is 106 cm³/mol. The zero-order chi connectivity index (χ0) is 19.6. The second kappa shape index (κ2) is 8.14. The third-order valence-corrected chi connectivity index (χ3v) is 7.31. The molecule has 0 radical (unpaired) electrons. The van der Waals surface area contributed by atoms with Crippen molar-refractivity contribution in [3.05, 3.63) is 29.8 Å². The number of rotatable bonds is 6. The molecule has 0 aromatic heterocycles. The third kappa shape index (κ3) is 4.27. The first-order chi connectivity index (χ1) is 12.8. The summed E-state index contributed by atoms with van der Waals surface area (Å²) >= 11 is 3.27. The maximum absolute atomic E-state index is 12.4. The number of nitrogens with zero attached hydrogens (tertiary/aromatic N) is 2. The minimum atomic E-state index is -0.591. The van der Waals surface area contributed by atoms with E-state index in [4.69, 9.17) is 4.74 Å². The summed E-state index contributed by atoms with van der Waals surface area (Å²) in [7, 11) is 1.69. The molecule has 0 aliphatic carbocycles. The van der Waals surface area contributed by atoms with Crippen molar-refractivity contribution in [3.63, 3.8) is 0 Å². The van der Waals surface area contributed by atoms with E-state index < -0.39 is 12.0 Å². The lowest BCUT2D eigenvalue weighted by Gasteiger charge is -2.29. The SMILES string of the molecule is CSc1ccc(CN(C)C(=O)COC(=O)[C@H]2CS[C@@]3(C)CCC(=O)N23)cc1. The average molecular weight is 409 g/mol. The molecule has 3 rings (SSSR count). The lowest BCUT2D eigenvalue weighted by Crippen LogP contribution is -2.47. The van der Waals surface area contributed by atoms with Crippen molar-refractivity contribution in [2.75, 3.05) is 25.7 Å². The fraction of sp³-hybridized carbons (Fsp3) is 0.526. The molecule has 2 amide bonds. The van der Waals surface area contributed by atoms with Crippen LogP contribution in [-0.4, -0.2) is 64.2 Å². The average Bonchev–Trinajstić information content (AvgIpc) is 3.16. The Morgan fingerprint density at radius 1 is 1.37 bits per heavy atom. The van der Waals surface area contributed by atoms with Crippen molar-refractivity contribution in [2.45, 2.75) is 42.1 Å². The van der Waals surface area contributed by atoms with Gasteiger partial charge in [0.05, 0.1) is 4.87 Å². The number of carbonyl (C=O) groups excluding carboxylic acids is 3. The summed E-state index contributed by atoms with van der Waals surface area (Å²) in [5.74, 6) is -0.250. The zero-order valence-corrected chi connectivity index (χ0v) is 17.4. The number of hydrogen-bond acceptors (Lipinski definition) is 6. The van der Waals surface area contributed by atoms with Crippen LogP contribution in [-0.2, 0) is 25.7 Å². The van der Waals surface area contributed by atoms with Gasteiger partial charge >= 0.3 is 5.97 Å². The third-order valence-electron chi connectivity index (χ3n) is 5.06. The van der Waals surface area contributed by atoms with E-state index in [1.165, 1.54) is 9.80 Å². The van der Waals surface area contributed by atoms with E-state index in [0.717, 1.165) is 12.0 Å². The first-order valence-corrected chi connectivity index (χ1v) is 11.0. The summed E-state index contributed by atoms with van der Waals surface area (Å²) in [4.78, 5) is 40.9. The molecule has 2 fully saturated rings.